The van der Waals surface area contributed by atoms with E-state index in [1.165, 1.54) is 0 Å². The van der Waals surface area contributed by atoms with Crippen LogP contribution >= 0.6 is 0 Å². The fourth-order valence-electron chi connectivity index (χ4n) is 0. The monoisotopic (exact) mass is 1420 g/mol. The van der Waals surface area contributed by atoms with Crippen LogP contribution in [0.1, 0.15) is 0 Å². The van der Waals surface area contributed by atoms with E-state index in [0.29, 0.717) is 0 Å². The zero-order chi connectivity index (χ0) is 35.8. The van der Waals surface area contributed by atoms with E-state index < -0.39 is 91.7 Å². The first-order chi connectivity index (χ1) is 17.3. The van der Waals surface area contributed by atoms with Crippen LogP contribution in [-0.2, 0) is 145 Å². The molecule has 0 amide bonds. The third-order valence-corrected chi connectivity index (χ3v) is 0. The van der Waals surface area contributed by atoms with Crippen LogP contribution in [-0.4, -0.2) is 268 Å². The third-order valence-electron chi connectivity index (χ3n) is 0. The maximum absolute atomic E-state index is 8.52. The van der Waals surface area contributed by atoms with Crippen LogP contribution in [0, 0.1) is 0 Å². The van der Waals surface area contributed by atoms with Crippen molar-refractivity contribution in [2.75, 3.05) is 0 Å². The van der Waals surface area contributed by atoms with Gasteiger partial charge >= 0.3 is 222 Å². The zero-order valence-electron chi connectivity index (χ0n) is 27.6. The topological polar surface area (TPSA) is 932 Å². The van der Waals surface area contributed by atoms with Crippen molar-refractivity contribution in [1.29, 1.82) is 0 Å². The molecule has 62 heavy (non-hydrogen) atoms. The Morgan fingerprint density at radius 1 is 0.177 bits per heavy atom. The summed E-state index contributed by atoms with van der Waals surface area (Å²) in [6.45, 7) is 0. The van der Waals surface area contributed by atoms with Crippen LogP contribution in [0.5, 0.6) is 0 Å². The first-order valence-electron chi connectivity index (χ1n) is 6.12. The minimum atomic E-state index is -3.63. The van der Waals surface area contributed by atoms with E-state index in [0.717, 1.165) is 0 Å². The van der Waals surface area contributed by atoms with Crippen molar-refractivity contribution in [3.05, 3.63) is 0 Å². The number of hydrogen-bond acceptors (Lipinski definition) is 40. The quantitative estimate of drug-likeness (QED) is 0.203. The molecule has 0 aromatic heterocycles. The summed E-state index contributed by atoms with van der Waals surface area (Å²) in [4.78, 5) is 170. The van der Waals surface area contributed by atoms with Gasteiger partial charge in [-0.25, -0.2) is 0 Å². The predicted molar refractivity (Wildman–Crippen MR) is 118 cm³/mol. The standard InChI is InChI=1S/3Al.3Fe.3Mg.3Ni.10O3Si.10H2O/c;;;;;;;;;;;;10*1-4(2)3;;;;;;;;;;/h;;;;;;;;;;;;;;;;;;;;;;10*1H2/q6*+3;6*+2;10*-2;;;;;;;;;;/p-10. The van der Waals surface area contributed by atoms with Crippen molar-refractivity contribution in [1.82, 2.24) is 0 Å². The molecule has 0 atom stereocenters. The first kappa shape index (κ1) is 246. The van der Waals surface area contributed by atoms with E-state index in [9.17, 15) is 0 Å². The van der Waals surface area contributed by atoms with Gasteiger partial charge in [0, 0.05) is 91.7 Å². The molecule has 10 N–H and O–H groups in total. The van der Waals surface area contributed by atoms with Gasteiger partial charge in [-0.1, -0.05) is 0 Å². The van der Waals surface area contributed by atoms with E-state index in [1.54, 1.807) is 0 Å². The van der Waals surface area contributed by atoms with Crippen LogP contribution in [0.2, 0.25) is 0 Å². The Bertz CT molecular complexity index is 534. The molecule has 0 fully saturated rings. The second-order valence-electron chi connectivity index (χ2n) is 2.50. The van der Waals surface area contributed by atoms with Crippen LogP contribution in [0.15, 0.2) is 0 Å². The largest absolute Gasteiger partial charge is 3.00 e. The normalized spacial score (nSPS) is 3.87. The molecular formula is H10Al3Fe3Mg3Ni3O40Si10. The van der Waals surface area contributed by atoms with Gasteiger partial charge in [0.25, 0.3) is 0 Å². The fourth-order valence-corrected chi connectivity index (χ4v) is 0. The van der Waals surface area contributed by atoms with Gasteiger partial charge < -0.3 is 195 Å². The molecule has 0 aliphatic rings. The average Bonchev–Trinajstić information content (AvgIpc) is 2.47. The summed E-state index contributed by atoms with van der Waals surface area (Å²) in [7, 11) is -36.3. The molecule has 359 valence electrons. The van der Waals surface area contributed by atoms with E-state index in [1.807, 2.05) is 0 Å². The van der Waals surface area contributed by atoms with Gasteiger partial charge in [0.05, 0.1) is 0 Å². The second kappa shape index (κ2) is 234. The summed E-state index contributed by atoms with van der Waals surface area (Å²) in [5.41, 5.74) is 0. The molecule has 40 nitrogen and oxygen atoms in total. The number of hydrogen-bond donors (Lipinski definition) is 0. The molecule has 0 spiro atoms. The Morgan fingerprint density at radius 3 is 0.177 bits per heavy atom. The zero-order valence-corrected chi connectivity index (χ0v) is 51.6. The molecule has 3 radical (unpaired) electrons. The minimum Gasteiger partial charge on any atom is -0.870 e. The van der Waals surface area contributed by atoms with Gasteiger partial charge in [-0.2, -0.15) is 0 Å². The summed E-state index contributed by atoms with van der Waals surface area (Å²) in [5, 5.41) is 0. The van der Waals surface area contributed by atoms with Crippen LogP contribution < -0.4 is 95.9 Å². The number of rotatable bonds is 0. The molecule has 0 aromatic rings. The van der Waals surface area contributed by atoms with Crippen molar-refractivity contribution in [3.63, 3.8) is 0 Å². The van der Waals surface area contributed by atoms with Gasteiger partial charge in [-0.05, 0) is 0 Å². The fraction of sp³-hybridized carbons (Fsp3) is 0. The maximum atomic E-state index is 8.52. The van der Waals surface area contributed by atoms with Crippen LogP contribution in [0.4, 0.5) is 0 Å². The molecule has 0 saturated heterocycles. The second-order valence-corrected chi connectivity index (χ2v) is 7.50. The van der Waals surface area contributed by atoms with E-state index in [2.05, 4.69) is 0 Å². The Morgan fingerprint density at radius 2 is 0.177 bits per heavy atom. The summed E-state index contributed by atoms with van der Waals surface area (Å²) < 4.78 is 85.2. The van der Waals surface area contributed by atoms with E-state index in [4.69, 9.17) is 141 Å². The molecule has 0 bridgehead atoms. The summed E-state index contributed by atoms with van der Waals surface area (Å²) in [6.07, 6.45) is 0. The van der Waals surface area contributed by atoms with Crippen molar-refractivity contribution >= 4 is 213 Å². The van der Waals surface area contributed by atoms with Crippen molar-refractivity contribution in [3.8, 4) is 0 Å². The van der Waals surface area contributed by atoms with Crippen molar-refractivity contribution in [2.24, 2.45) is 0 Å². The molecule has 0 heterocycles. The SMILES string of the molecule is O=[Si]([O-])[O-].O=[Si]([O-])[O-].O=[Si]([O-])[O-].O=[Si]([O-])[O-].O=[Si]([O-])[O-].O=[Si]([O-])[O-].O=[Si]([O-])[O-].O=[Si]([O-])[O-].O=[Si]([O-])[O-].O=[Si]([O-])[O-].[Al+3].[Al+3].[Al+3].[Fe+3].[Fe+3].[Fe+3].[Mg+2].[Mg+2].[Mg+2].[Ni+2].[Ni+2].[Ni+2].[OH-].[OH-].[OH-].[OH-].[OH-].[OH-].[OH-].[OH-].[OH-].[OH-]. The van der Waals surface area contributed by atoms with Crippen LogP contribution in [0.25, 0.3) is 0 Å². The first-order valence-corrected chi connectivity index (χ1v) is 18.4. The van der Waals surface area contributed by atoms with Gasteiger partial charge in [0.1, 0.15) is 0 Å². The summed E-state index contributed by atoms with van der Waals surface area (Å²) >= 11 is 0. The Kier molecular flexibility index (Phi) is 927. The maximum Gasteiger partial charge on any atom is 3.00 e. The Balaban J connectivity index is -0.00000000517. The molecule has 62 heteroatoms. The Labute approximate surface area is 502 Å². The van der Waals surface area contributed by atoms with Gasteiger partial charge in [0.15, 0.2) is 0 Å². The van der Waals surface area contributed by atoms with Gasteiger partial charge in [-0.3, -0.25) is 0 Å². The molecule has 0 aliphatic carbocycles. The Hall–Kier alpha value is 2.70. The third kappa shape index (κ3) is 32700. The van der Waals surface area contributed by atoms with E-state index in [-0.39, 0.29) is 277 Å². The molecule has 0 aliphatic heterocycles. The van der Waals surface area contributed by atoms with Crippen molar-refractivity contribution < 1.29 is 296 Å². The predicted octanol–water partition coefficient (Wildman–Crippen LogP) is -32.8. The molecule has 0 rings (SSSR count). The molecular weight excluding hydrogens is 1420 g/mol. The van der Waals surface area contributed by atoms with Gasteiger partial charge in [0.2, 0.25) is 0 Å². The summed E-state index contributed by atoms with van der Waals surface area (Å²) in [6, 6.07) is 0. The molecule has 0 saturated carbocycles. The smallest absolute Gasteiger partial charge is 0.870 e. The molecule has 0 unspecified atom stereocenters. The van der Waals surface area contributed by atoms with Crippen LogP contribution in [0.3, 0.4) is 0 Å². The minimum absolute atomic E-state index is 0. The van der Waals surface area contributed by atoms with E-state index >= 15 is 0 Å². The average molecular weight is 1430 g/mol. The van der Waals surface area contributed by atoms with Crippen molar-refractivity contribution in [2.45, 2.75) is 0 Å². The molecule has 0 aromatic carbocycles. The van der Waals surface area contributed by atoms with Gasteiger partial charge in [-0.15, -0.1) is 0 Å². The summed E-state index contributed by atoms with van der Waals surface area (Å²) in [5.74, 6) is 0.